The summed E-state index contributed by atoms with van der Waals surface area (Å²) in [6.45, 7) is 1.80. The average Bonchev–Trinajstić information content (AvgIpc) is 2.84. The van der Waals surface area contributed by atoms with E-state index in [4.69, 9.17) is 4.74 Å². The van der Waals surface area contributed by atoms with Crippen LogP contribution in [0.2, 0.25) is 0 Å². The number of methoxy groups -OCH3 is 1. The van der Waals surface area contributed by atoms with Crippen LogP contribution in [0.25, 0.3) is 0 Å². The Labute approximate surface area is 153 Å². The second kappa shape index (κ2) is 7.37. The summed E-state index contributed by atoms with van der Waals surface area (Å²) in [5.74, 6) is 0.119. The summed E-state index contributed by atoms with van der Waals surface area (Å²) < 4.78 is 33.3. The number of aryl methyl sites for hydroxylation is 1. The van der Waals surface area contributed by atoms with Gasteiger partial charge in [0.05, 0.1) is 23.4 Å². The number of benzene rings is 2. The second-order valence-corrected chi connectivity index (χ2v) is 8.07. The molecule has 1 N–H and O–H groups in total. The fraction of sp³-hybridized carbons (Fsp3) is 0.316. The van der Waals surface area contributed by atoms with Gasteiger partial charge in [-0.1, -0.05) is 18.2 Å². The molecule has 0 radical (unpaired) electrons. The van der Waals surface area contributed by atoms with Gasteiger partial charge in [0.25, 0.3) is 10.0 Å². The van der Waals surface area contributed by atoms with Crippen molar-refractivity contribution in [2.75, 3.05) is 23.3 Å². The van der Waals surface area contributed by atoms with Crippen LogP contribution in [0.1, 0.15) is 25.3 Å². The van der Waals surface area contributed by atoms with E-state index in [-0.39, 0.29) is 10.8 Å². The van der Waals surface area contributed by atoms with Crippen molar-refractivity contribution >= 4 is 27.3 Å². The first-order valence-corrected chi connectivity index (χ1v) is 9.94. The smallest absolute Gasteiger partial charge is 0.264 e. The van der Waals surface area contributed by atoms with Crippen molar-refractivity contribution in [2.45, 2.75) is 31.1 Å². The van der Waals surface area contributed by atoms with Crippen LogP contribution < -0.4 is 14.4 Å². The van der Waals surface area contributed by atoms with Crippen LogP contribution in [-0.2, 0) is 21.2 Å². The van der Waals surface area contributed by atoms with Crippen molar-refractivity contribution in [1.29, 1.82) is 0 Å². The number of hydrogen-bond acceptors (Lipinski definition) is 4. The van der Waals surface area contributed by atoms with E-state index in [1.54, 1.807) is 6.07 Å². The fourth-order valence-corrected chi connectivity index (χ4v) is 4.74. The molecule has 0 atom stereocenters. The molecule has 2 aromatic carbocycles. The molecule has 0 saturated heterocycles. The number of para-hydroxylation sites is 1. The van der Waals surface area contributed by atoms with Gasteiger partial charge in [-0.3, -0.25) is 9.10 Å². The number of fused-ring (bicyclic) bond motifs is 1. The Hall–Kier alpha value is -2.54. The third-order valence-corrected chi connectivity index (χ3v) is 6.20. The fourth-order valence-electron chi connectivity index (χ4n) is 3.17. The number of sulfonamides is 1. The van der Waals surface area contributed by atoms with E-state index in [0.29, 0.717) is 18.0 Å². The van der Waals surface area contributed by atoms with E-state index in [0.717, 1.165) is 30.5 Å². The molecule has 7 heteroatoms. The molecule has 6 nitrogen and oxygen atoms in total. The standard InChI is InChI=1S/C19H22N2O4S/c1-14(22)20-17-13-16(10-11-19(17)25-2)26(23,24)21-12-6-5-8-15-7-3-4-9-18(15)21/h3-4,7,9-11,13H,5-6,8,12H2,1-2H3,(H,20,22). The van der Waals surface area contributed by atoms with Gasteiger partial charge in [0.15, 0.2) is 0 Å². The molecular weight excluding hydrogens is 352 g/mol. The molecule has 138 valence electrons. The highest BCUT2D eigenvalue weighted by Gasteiger charge is 2.28. The van der Waals surface area contributed by atoms with Crippen molar-refractivity contribution in [1.82, 2.24) is 0 Å². The Bertz CT molecular complexity index is 925. The summed E-state index contributed by atoms with van der Waals surface area (Å²) in [5.41, 5.74) is 2.09. The average molecular weight is 374 g/mol. The summed E-state index contributed by atoms with van der Waals surface area (Å²) in [6.07, 6.45) is 2.60. The Morgan fingerprint density at radius 2 is 1.92 bits per heavy atom. The number of rotatable bonds is 4. The third-order valence-electron chi connectivity index (χ3n) is 4.39. The molecule has 1 aliphatic rings. The van der Waals surface area contributed by atoms with Crippen LogP contribution in [0.3, 0.4) is 0 Å². The van der Waals surface area contributed by atoms with E-state index in [1.807, 2.05) is 24.3 Å². The molecule has 1 aliphatic heterocycles. The number of carbonyl (C=O) groups excluding carboxylic acids is 1. The van der Waals surface area contributed by atoms with E-state index < -0.39 is 10.0 Å². The number of ether oxygens (including phenoxy) is 1. The molecule has 2 aromatic rings. The molecule has 0 fully saturated rings. The number of carbonyl (C=O) groups is 1. The highest BCUT2D eigenvalue weighted by atomic mass is 32.2. The van der Waals surface area contributed by atoms with Gasteiger partial charge in [0.2, 0.25) is 5.91 Å². The minimum absolute atomic E-state index is 0.124. The van der Waals surface area contributed by atoms with Crippen molar-refractivity contribution < 1.29 is 17.9 Å². The Balaban J connectivity index is 2.07. The largest absolute Gasteiger partial charge is 0.495 e. The van der Waals surface area contributed by atoms with Gasteiger partial charge < -0.3 is 10.1 Å². The molecule has 0 spiro atoms. The van der Waals surface area contributed by atoms with Crippen molar-refractivity contribution in [3.8, 4) is 5.75 Å². The molecule has 3 rings (SSSR count). The summed E-state index contributed by atoms with van der Waals surface area (Å²) in [4.78, 5) is 11.6. The van der Waals surface area contributed by atoms with Gasteiger partial charge in [-0.15, -0.1) is 0 Å². The SMILES string of the molecule is COc1ccc(S(=O)(=O)N2CCCCc3ccccc32)cc1NC(C)=O. The summed E-state index contributed by atoms with van der Waals surface area (Å²) in [6, 6.07) is 12.1. The minimum atomic E-state index is -3.76. The Kier molecular flexibility index (Phi) is 5.18. The van der Waals surface area contributed by atoms with E-state index in [2.05, 4.69) is 5.32 Å². The molecule has 26 heavy (non-hydrogen) atoms. The maximum absolute atomic E-state index is 13.3. The maximum Gasteiger partial charge on any atom is 0.264 e. The monoisotopic (exact) mass is 374 g/mol. The highest BCUT2D eigenvalue weighted by molar-refractivity contribution is 7.92. The predicted molar refractivity (Wildman–Crippen MR) is 101 cm³/mol. The van der Waals surface area contributed by atoms with Gasteiger partial charge in [-0.05, 0) is 49.1 Å². The van der Waals surface area contributed by atoms with Crippen molar-refractivity contribution in [3.63, 3.8) is 0 Å². The number of nitrogens with one attached hydrogen (secondary N) is 1. The summed E-state index contributed by atoms with van der Waals surface area (Å²) in [7, 11) is -2.28. The molecular formula is C19H22N2O4S. The number of hydrogen-bond donors (Lipinski definition) is 1. The van der Waals surface area contributed by atoms with Gasteiger partial charge >= 0.3 is 0 Å². The van der Waals surface area contributed by atoms with Crippen LogP contribution in [-0.4, -0.2) is 28.0 Å². The zero-order chi connectivity index (χ0) is 18.7. The van der Waals surface area contributed by atoms with E-state index in [9.17, 15) is 13.2 Å². The topological polar surface area (TPSA) is 75.7 Å². The lowest BCUT2D eigenvalue weighted by Crippen LogP contribution is -2.32. The van der Waals surface area contributed by atoms with E-state index in [1.165, 1.54) is 30.5 Å². The molecule has 0 aliphatic carbocycles. The van der Waals surface area contributed by atoms with Crippen molar-refractivity contribution in [2.24, 2.45) is 0 Å². The van der Waals surface area contributed by atoms with Crippen LogP contribution in [0.5, 0.6) is 5.75 Å². The second-order valence-electron chi connectivity index (χ2n) is 6.21. The molecule has 1 amide bonds. The van der Waals surface area contributed by atoms with Gasteiger partial charge in [0, 0.05) is 13.5 Å². The van der Waals surface area contributed by atoms with Crippen LogP contribution >= 0.6 is 0 Å². The van der Waals surface area contributed by atoms with Gasteiger partial charge in [0.1, 0.15) is 5.75 Å². The highest BCUT2D eigenvalue weighted by Crippen LogP contribution is 2.34. The number of amides is 1. The lowest BCUT2D eigenvalue weighted by molar-refractivity contribution is -0.114. The Morgan fingerprint density at radius 3 is 2.65 bits per heavy atom. The Morgan fingerprint density at radius 1 is 1.15 bits per heavy atom. The quantitative estimate of drug-likeness (QED) is 0.892. The van der Waals surface area contributed by atoms with Crippen LogP contribution in [0, 0.1) is 0 Å². The first-order valence-electron chi connectivity index (χ1n) is 8.50. The van der Waals surface area contributed by atoms with Gasteiger partial charge in [-0.2, -0.15) is 0 Å². The first kappa shape index (κ1) is 18.3. The zero-order valence-electron chi connectivity index (χ0n) is 14.9. The lowest BCUT2D eigenvalue weighted by Gasteiger charge is -2.25. The maximum atomic E-state index is 13.3. The number of nitrogens with zero attached hydrogens (tertiary/aromatic N) is 1. The summed E-state index contributed by atoms with van der Waals surface area (Å²) >= 11 is 0. The van der Waals surface area contributed by atoms with Crippen molar-refractivity contribution in [3.05, 3.63) is 48.0 Å². The first-order chi connectivity index (χ1) is 12.4. The van der Waals surface area contributed by atoms with Crippen LogP contribution in [0.15, 0.2) is 47.4 Å². The number of anilines is 2. The molecule has 0 bridgehead atoms. The molecule has 1 heterocycles. The lowest BCUT2D eigenvalue weighted by atomic mass is 10.1. The van der Waals surface area contributed by atoms with Gasteiger partial charge in [-0.25, -0.2) is 8.42 Å². The molecule has 0 aromatic heterocycles. The minimum Gasteiger partial charge on any atom is -0.495 e. The predicted octanol–water partition coefficient (Wildman–Crippen LogP) is 3.19. The molecule has 0 unspecified atom stereocenters. The molecule has 0 saturated carbocycles. The van der Waals surface area contributed by atoms with Crippen LogP contribution in [0.4, 0.5) is 11.4 Å². The normalized spacial score (nSPS) is 14.3. The third kappa shape index (κ3) is 3.53. The zero-order valence-corrected chi connectivity index (χ0v) is 15.7. The summed E-state index contributed by atoms with van der Waals surface area (Å²) in [5, 5.41) is 2.62. The van der Waals surface area contributed by atoms with E-state index >= 15 is 0 Å².